The number of anilines is 1. The number of para-hydroxylation sites is 1. The Hall–Kier alpha value is -4.63. The first-order chi connectivity index (χ1) is 22.7. The van der Waals surface area contributed by atoms with Crippen molar-refractivity contribution in [1.29, 1.82) is 0 Å². The Morgan fingerprint density at radius 1 is 0.809 bits per heavy atom. The van der Waals surface area contributed by atoms with Gasteiger partial charge in [-0.25, -0.2) is 8.42 Å². The first-order valence-electron chi connectivity index (χ1n) is 16.3. The van der Waals surface area contributed by atoms with Gasteiger partial charge in [-0.2, -0.15) is 0 Å². The van der Waals surface area contributed by atoms with Gasteiger partial charge in [0, 0.05) is 12.6 Å². The molecule has 2 amide bonds. The van der Waals surface area contributed by atoms with E-state index in [1.54, 1.807) is 48.5 Å². The number of aryl methyl sites for hydroxylation is 1. The minimum atomic E-state index is -4.17. The van der Waals surface area contributed by atoms with E-state index in [0.717, 1.165) is 47.5 Å². The molecule has 1 unspecified atom stereocenters. The van der Waals surface area contributed by atoms with Crippen molar-refractivity contribution in [2.45, 2.75) is 75.9 Å². The lowest BCUT2D eigenvalue weighted by molar-refractivity contribution is -0.140. The van der Waals surface area contributed by atoms with Gasteiger partial charge >= 0.3 is 0 Å². The third kappa shape index (κ3) is 8.80. The number of benzene rings is 4. The number of carbonyl (C=O) groups is 2. The molecule has 47 heavy (non-hydrogen) atoms. The van der Waals surface area contributed by atoms with Crippen LogP contribution in [-0.2, 0) is 26.2 Å². The smallest absolute Gasteiger partial charge is 0.264 e. The fourth-order valence-corrected chi connectivity index (χ4v) is 7.33. The summed E-state index contributed by atoms with van der Waals surface area (Å²) in [6.45, 7) is 3.43. The maximum atomic E-state index is 14.4. The van der Waals surface area contributed by atoms with Gasteiger partial charge in [0.2, 0.25) is 11.8 Å². The number of nitrogens with one attached hydrogen (secondary N) is 1. The molecule has 1 N–H and O–H groups in total. The van der Waals surface area contributed by atoms with Crippen molar-refractivity contribution in [2.24, 2.45) is 0 Å². The molecule has 0 bridgehead atoms. The van der Waals surface area contributed by atoms with Crippen LogP contribution in [0.5, 0.6) is 11.5 Å². The molecule has 1 saturated carbocycles. The Morgan fingerprint density at radius 2 is 1.40 bits per heavy atom. The van der Waals surface area contributed by atoms with Gasteiger partial charge in [0.15, 0.2) is 0 Å². The van der Waals surface area contributed by atoms with Crippen LogP contribution in [0.25, 0.3) is 0 Å². The Kier molecular flexibility index (Phi) is 11.3. The van der Waals surface area contributed by atoms with E-state index in [4.69, 9.17) is 4.74 Å². The molecule has 1 fully saturated rings. The van der Waals surface area contributed by atoms with Crippen LogP contribution in [0, 0.1) is 6.92 Å². The highest BCUT2D eigenvalue weighted by Gasteiger charge is 2.34. The maximum Gasteiger partial charge on any atom is 0.264 e. The number of hydrogen-bond donors (Lipinski definition) is 1. The molecule has 4 aromatic carbocycles. The van der Waals surface area contributed by atoms with Gasteiger partial charge in [-0.05, 0) is 80.3 Å². The number of rotatable bonds is 13. The zero-order valence-corrected chi connectivity index (χ0v) is 27.9. The molecule has 1 aliphatic carbocycles. The molecule has 5 rings (SSSR count). The van der Waals surface area contributed by atoms with Crippen LogP contribution in [0.15, 0.2) is 114 Å². The molecule has 0 radical (unpaired) electrons. The minimum absolute atomic E-state index is 0.0669. The highest BCUT2D eigenvalue weighted by atomic mass is 32.2. The van der Waals surface area contributed by atoms with Crippen molar-refractivity contribution in [2.75, 3.05) is 10.8 Å². The zero-order valence-electron chi connectivity index (χ0n) is 27.0. The predicted octanol–water partition coefficient (Wildman–Crippen LogP) is 7.24. The lowest BCUT2D eigenvalue weighted by Crippen LogP contribution is -2.54. The number of ether oxygens (including phenoxy) is 1. The predicted molar refractivity (Wildman–Crippen MR) is 185 cm³/mol. The summed E-state index contributed by atoms with van der Waals surface area (Å²) in [6.07, 6.45) is 5.51. The van der Waals surface area contributed by atoms with Crippen LogP contribution in [0.3, 0.4) is 0 Å². The van der Waals surface area contributed by atoms with Crippen molar-refractivity contribution < 1.29 is 22.7 Å². The molecular weight excluding hydrogens is 611 g/mol. The topological polar surface area (TPSA) is 96.0 Å². The standard InChI is InChI=1S/C38H43N3O5S/c1-3-36(38(43)39-31-15-9-5-10-16-31)40(27-30-13-7-4-8-14-30)37(42)28-41(47(44,45)35-25-19-29(2)20-26-35)32-21-23-34(24-22-32)46-33-17-11-6-12-18-33/h4,6-8,11-14,17-26,31,36H,3,5,9-10,15-16,27-28H2,1-2H3,(H,39,43). The lowest BCUT2D eigenvalue weighted by atomic mass is 9.95. The van der Waals surface area contributed by atoms with Crippen molar-refractivity contribution in [1.82, 2.24) is 10.2 Å². The summed E-state index contributed by atoms with van der Waals surface area (Å²) in [6, 6.07) is 31.2. The van der Waals surface area contributed by atoms with E-state index in [2.05, 4.69) is 5.32 Å². The molecule has 0 spiro atoms. The van der Waals surface area contributed by atoms with Gasteiger partial charge in [-0.15, -0.1) is 0 Å². The van der Waals surface area contributed by atoms with Crippen LogP contribution in [-0.4, -0.2) is 43.8 Å². The summed E-state index contributed by atoms with van der Waals surface area (Å²) in [7, 11) is -4.17. The largest absolute Gasteiger partial charge is 0.457 e. The van der Waals surface area contributed by atoms with E-state index in [0.29, 0.717) is 23.6 Å². The van der Waals surface area contributed by atoms with Gasteiger partial charge in [0.1, 0.15) is 24.1 Å². The van der Waals surface area contributed by atoms with Crippen molar-refractivity contribution in [3.05, 3.63) is 120 Å². The molecule has 0 heterocycles. The Balaban J connectivity index is 1.47. The van der Waals surface area contributed by atoms with Gasteiger partial charge in [-0.1, -0.05) is 92.4 Å². The summed E-state index contributed by atoms with van der Waals surface area (Å²) in [5.74, 6) is 0.488. The Morgan fingerprint density at radius 3 is 2.02 bits per heavy atom. The average molecular weight is 654 g/mol. The monoisotopic (exact) mass is 653 g/mol. The van der Waals surface area contributed by atoms with Gasteiger partial charge in [-0.3, -0.25) is 13.9 Å². The van der Waals surface area contributed by atoms with Gasteiger partial charge in [0.25, 0.3) is 10.0 Å². The third-order valence-electron chi connectivity index (χ3n) is 8.52. The van der Waals surface area contributed by atoms with Crippen LogP contribution in [0.4, 0.5) is 5.69 Å². The van der Waals surface area contributed by atoms with Gasteiger partial charge in [0.05, 0.1) is 10.6 Å². The summed E-state index contributed by atoms with van der Waals surface area (Å²) < 4.78 is 35.5. The highest BCUT2D eigenvalue weighted by Crippen LogP contribution is 2.29. The molecule has 246 valence electrons. The second-order valence-electron chi connectivity index (χ2n) is 12.0. The third-order valence-corrected chi connectivity index (χ3v) is 10.3. The molecule has 1 atom stereocenters. The maximum absolute atomic E-state index is 14.4. The van der Waals surface area contributed by atoms with Crippen LogP contribution < -0.4 is 14.4 Å². The number of amides is 2. The molecule has 0 saturated heterocycles. The van der Waals surface area contributed by atoms with Gasteiger partial charge < -0.3 is 15.0 Å². The number of carbonyl (C=O) groups excluding carboxylic acids is 2. The van der Waals surface area contributed by atoms with E-state index in [1.807, 2.05) is 74.5 Å². The second kappa shape index (κ2) is 15.8. The van der Waals surface area contributed by atoms with E-state index in [-0.39, 0.29) is 23.4 Å². The zero-order chi connectivity index (χ0) is 33.2. The first-order valence-corrected chi connectivity index (χ1v) is 17.7. The minimum Gasteiger partial charge on any atom is -0.457 e. The molecule has 8 nitrogen and oxygen atoms in total. The normalized spacial score (nSPS) is 14.2. The first kappa shape index (κ1) is 33.7. The van der Waals surface area contributed by atoms with Crippen molar-refractivity contribution in [3.63, 3.8) is 0 Å². The number of sulfonamides is 1. The fourth-order valence-electron chi connectivity index (χ4n) is 5.92. The molecule has 9 heteroatoms. The summed E-state index contributed by atoms with van der Waals surface area (Å²) >= 11 is 0. The number of hydrogen-bond acceptors (Lipinski definition) is 5. The molecule has 0 aromatic heterocycles. The highest BCUT2D eigenvalue weighted by molar-refractivity contribution is 7.92. The van der Waals surface area contributed by atoms with E-state index < -0.39 is 28.5 Å². The summed E-state index contributed by atoms with van der Waals surface area (Å²) in [4.78, 5) is 29.7. The van der Waals surface area contributed by atoms with Crippen molar-refractivity contribution >= 4 is 27.5 Å². The van der Waals surface area contributed by atoms with Crippen LogP contribution in [0.1, 0.15) is 56.6 Å². The Bertz CT molecular complexity index is 1710. The van der Waals surface area contributed by atoms with Crippen molar-refractivity contribution in [3.8, 4) is 11.5 Å². The fraction of sp³-hybridized carbons (Fsp3) is 0.316. The SMILES string of the molecule is CCC(C(=O)NC1CCCCC1)N(Cc1ccccc1)C(=O)CN(c1ccc(Oc2ccccc2)cc1)S(=O)(=O)c1ccc(C)cc1. The van der Waals surface area contributed by atoms with Crippen LogP contribution in [0.2, 0.25) is 0 Å². The lowest BCUT2D eigenvalue weighted by Gasteiger charge is -2.34. The van der Waals surface area contributed by atoms with E-state index in [9.17, 15) is 18.0 Å². The quantitative estimate of drug-likeness (QED) is 0.164. The summed E-state index contributed by atoms with van der Waals surface area (Å²) in [5, 5.41) is 3.18. The molecule has 4 aromatic rings. The summed E-state index contributed by atoms with van der Waals surface area (Å²) in [5.41, 5.74) is 2.07. The second-order valence-corrected chi connectivity index (χ2v) is 13.9. The average Bonchev–Trinajstić information content (AvgIpc) is 3.09. The van der Waals surface area contributed by atoms with E-state index >= 15 is 0 Å². The van der Waals surface area contributed by atoms with Crippen LogP contribution >= 0.6 is 0 Å². The molecule has 0 aliphatic heterocycles. The number of nitrogens with zero attached hydrogens (tertiary/aromatic N) is 2. The Labute approximate surface area is 278 Å². The molecule has 1 aliphatic rings. The van der Waals surface area contributed by atoms with E-state index in [1.165, 1.54) is 4.90 Å². The molecular formula is C38H43N3O5S.